The lowest BCUT2D eigenvalue weighted by molar-refractivity contribution is -0.139. The van der Waals surface area contributed by atoms with Crippen molar-refractivity contribution >= 4 is 11.9 Å². The van der Waals surface area contributed by atoms with Crippen LogP contribution in [0, 0.1) is 0 Å². The fourth-order valence-corrected chi connectivity index (χ4v) is 3.73. The van der Waals surface area contributed by atoms with Gasteiger partial charge >= 0.3 is 11.9 Å². The second-order valence-corrected chi connectivity index (χ2v) is 8.67. The van der Waals surface area contributed by atoms with Gasteiger partial charge in [-0.1, -0.05) is 50.3 Å². The minimum Gasteiger partial charge on any atom is -0.493 e. The van der Waals surface area contributed by atoms with E-state index in [1.165, 1.54) is 5.56 Å². The number of benzene rings is 3. The van der Waals surface area contributed by atoms with Crippen LogP contribution >= 0.6 is 0 Å². The van der Waals surface area contributed by atoms with Crippen molar-refractivity contribution in [3.05, 3.63) is 90.5 Å². The van der Waals surface area contributed by atoms with Crippen molar-refractivity contribution in [3.63, 3.8) is 0 Å². The summed E-state index contributed by atoms with van der Waals surface area (Å²) in [6.45, 7) is 7.42. The van der Waals surface area contributed by atoms with Gasteiger partial charge in [-0.05, 0) is 59.5 Å². The Labute approximate surface area is 235 Å². The van der Waals surface area contributed by atoms with Crippen LogP contribution in [0.4, 0.5) is 0 Å². The Bertz CT molecular complexity index is 1220. The summed E-state index contributed by atoms with van der Waals surface area (Å²) in [5.74, 6) is 0.455. The first-order valence-electron chi connectivity index (χ1n) is 13.2. The minimum absolute atomic E-state index is 0.172. The number of hydrogen-bond acceptors (Lipinski definition) is 8. The standard InChI is InChI=1S/C32H36O8/c1-4-6-24-7-9-25(10-8-24)27-13-16-29(30(23-27)35-3)40-32(34)26-11-14-28(15-12-26)38-21-19-36-17-18-37-20-22-39-31(33)5-2/h5,7-16,23H,2,4,6,17-22H2,1,3H3. The number of methoxy groups -OCH3 is 1. The predicted molar refractivity (Wildman–Crippen MR) is 152 cm³/mol. The van der Waals surface area contributed by atoms with Crippen LogP contribution in [-0.4, -0.2) is 58.7 Å². The smallest absolute Gasteiger partial charge is 0.343 e. The van der Waals surface area contributed by atoms with Crippen molar-refractivity contribution in [2.45, 2.75) is 19.8 Å². The maximum atomic E-state index is 12.7. The predicted octanol–water partition coefficient (Wildman–Crippen LogP) is 5.68. The molecule has 0 heterocycles. The van der Waals surface area contributed by atoms with Gasteiger partial charge in [-0.3, -0.25) is 0 Å². The molecule has 3 rings (SSSR count). The highest BCUT2D eigenvalue weighted by molar-refractivity contribution is 5.91. The van der Waals surface area contributed by atoms with Crippen molar-refractivity contribution in [3.8, 4) is 28.4 Å². The second-order valence-electron chi connectivity index (χ2n) is 8.67. The minimum atomic E-state index is -0.496. The number of carbonyl (C=O) groups is 2. The van der Waals surface area contributed by atoms with E-state index in [1.54, 1.807) is 37.4 Å². The maximum absolute atomic E-state index is 12.7. The molecule has 0 aliphatic heterocycles. The number of esters is 2. The van der Waals surface area contributed by atoms with E-state index in [-0.39, 0.29) is 6.61 Å². The molecule has 212 valence electrons. The van der Waals surface area contributed by atoms with E-state index < -0.39 is 11.9 Å². The van der Waals surface area contributed by atoms with E-state index in [9.17, 15) is 9.59 Å². The van der Waals surface area contributed by atoms with Gasteiger partial charge in [0.05, 0.1) is 39.1 Å². The summed E-state index contributed by atoms with van der Waals surface area (Å²) in [7, 11) is 1.55. The highest BCUT2D eigenvalue weighted by atomic mass is 16.6. The molecule has 0 aliphatic rings. The Morgan fingerprint density at radius 2 is 1.43 bits per heavy atom. The SMILES string of the molecule is C=CC(=O)OCCOCCOCCOc1ccc(C(=O)Oc2ccc(-c3ccc(CCC)cc3)cc2OC)cc1. The molecular weight excluding hydrogens is 512 g/mol. The van der Waals surface area contributed by atoms with E-state index in [0.717, 1.165) is 30.0 Å². The Hall–Kier alpha value is -4.14. The third kappa shape index (κ3) is 9.87. The average Bonchev–Trinajstić information content (AvgIpc) is 2.99. The van der Waals surface area contributed by atoms with Gasteiger partial charge in [-0.25, -0.2) is 9.59 Å². The third-order valence-electron chi connectivity index (χ3n) is 5.79. The molecule has 40 heavy (non-hydrogen) atoms. The first-order chi connectivity index (χ1) is 19.5. The molecule has 0 unspecified atom stereocenters. The fraction of sp³-hybridized carbons (Fsp3) is 0.312. The van der Waals surface area contributed by atoms with Crippen LogP contribution < -0.4 is 14.2 Å². The van der Waals surface area contributed by atoms with E-state index >= 15 is 0 Å². The van der Waals surface area contributed by atoms with Crippen molar-refractivity contribution in [1.29, 1.82) is 0 Å². The summed E-state index contributed by atoms with van der Waals surface area (Å²) in [5, 5.41) is 0. The average molecular weight is 549 g/mol. The molecule has 0 saturated carbocycles. The van der Waals surface area contributed by atoms with E-state index in [1.807, 2.05) is 12.1 Å². The van der Waals surface area contributed by atoms with Crippen LogP contribution in [0.3, 0.4) is 0 Å². The molecule has 8 nitrogen and oxygen atoms in total. The first kappa shape index (κ1) is 30.4. The zero-order valence-electron chi connectivity index (χ0n) is 23.1. The number of carbonyl (C=O) groups excluding carboxylic acids is 2. The fourth-order valence-electron chi connectivity index (χ4n) is 3.73. The summed E-state index contributed by atoms with van der Waals surface area (Å²) in [5.41, 5.74) is 3.73. The van der Waals surface area contributed by atoms with Crippen molar-refractivity contribution < 1.29 is 38.0 Å². The monoisotopic (exact) mass is 548 g/mol. The highest BCUT2D eigenvalue weighted by Gasteiger charge is 2.14. The van der Waals surface area contributed by atoms with Gasteiger partial charge in [0.25, 0.3) is 0 Å². The van der Waals surface area contributed by atoms with Gasteiger partial charge in [-0.2, -0.15) is 0 Å². The van der Waals surface area contributed by atoms with Gasteiger partial charge in [0.2, 0.25) is 0 Å². The van der Waals surface area contributed by atoms with E-state index in [4.69, 9.17) is 28.4 Å². The van der Waals surface area contributed by atoms with Crippen molar-refractivity contribution in [1.82, 2.24) is 0 Å². The summed E-state index contributed by atoms with van der Waals surface area (Å²) < 4.78 is 32.3. The largest absolute Gasteiger partial charge is 0.493 e. The molecule has 0 aliphatic carbocycles. The summed E-state index contributed by atoms with van der Waals surface area (Å²) in [6, 6.07) is 20.6. The van der Waals surface area contributed by atoms with Crippen LogP contribution in [0.25, 0.3) is 11.1 Å². The lowest BCUT2D eigenvalue weighted by Crippen LogP contribution is -2.13. The molecule has 0 atom stereocenters. The van der Waals surface area contributed by atoms with Crippen molar-refractivity contribution in [2.24, 2.45) is 0 Å². The molecule has 0 radical (unpaired) electrons. The van der Waals surface area contributed by atoms with E-state index in [0.29, 0.717) is 55.8 Å². The Kier molecular flexibility index (Phi) is 12.7. The molecule has 3 aromatic carbocycles. The molecule has 8 heteroatoms. The highest BCUT2D eigenvalue weighted by Crippen LogP contribution is 2.33. The van der Waals surface area contributed by atoms with Crippen LogP contribution in [0.1, 0.15) is 29.3 Å². The molecule has 0 aromatic heterocycles. The quantitative estimate of drug-likeness (QED) is 0.0922. The molecule has 0 amide bonds. The summed E-state index contributed by atoms with van der Waals surface area (Å²) in [6.07, 6.45) is 3.26. The van der Waals surface area contributed by atoms with Gasteiger partial charge in [0.15, 0.2) is 11.5 Å². The maximum Gasteiger partial charge on any atom is 0.343 e. The zero-order chi connectivity index (χ0) is 28.6. The lowest BCUT2D eigenvalue weighted by atomic mass is 10.0. The Morgan fingerprint density at radius 1 is 0.775 bits per heavy atom. The number of ether oxygens (including phenoxy) is 6. The lowest BCUT2D eigenvalue weighted by Gasteiger charge is -2.12. The summed E-state index contributed by atoms with van der Waals surface area (Å²) >= 11 is 0. The van der Waals surface area contributed by atoms with Gasteiger partial charge in [0.1, 0.15) is 19.0 Å². The number of rotatable bonds is 17. The van der Waals surface area contributed by atoms with Gasteiger partial charge in [-0.15, -0.1) is 0 Å². The van der Waals surface area contributed by atoms with E-state index in [2.05, 4.69) is 37.8 Å². The van der Waals surface area contributed by atoms with Crippen molar-refractivity contribution in [2.75, 3.05) is 46.8 Å². The zero-order valence-corrected chi connectivity index (χ0v) is 23.1. The normalized spacial score (nSPS) is 10.6. The molecule has 0 fully saturated rings. The first-order valence-corrected chi connectivity index (χ1v) is 13.2. The number of aryl methyl sites for hydroxylation is 1. The molecule has 3 aromatic rings. The molecule has 0 saturated heterocycles. The second kappa shape index (κ2) is 16.7. The molecule has 0 spiro atoms. The number of hydrogen-bond donors (Lipinski definition) is 0. The Balaban J connectivity index is 1.41. The van der Waals surface area contributed by atoms with Crippen LogP contribution in [0.15, 0.2) is 79.4 Å². The molecular formula is C32H36O8. The third-order valence-corrected chi connectivity index (χ3v) is 5.79. The summed E-state index contributed by atoms with van der Waals surface area (Å²) in [4.78, 5) is 23.6. The van der Waals surface area contributed by atoms with Crippen LogP contribution in [0.2, 0.25) is 0 Å². The molecule has 0 N–H and O–H groups in total. The molecule has 0 bridgehead atoms. The van der Waals surface area contributed by atoms with Gasteiger partial charge in [0, 0.05) is 6.08 Å². The van der Waals surface area contributed by atoms with Crippen LogP contribution in [-0.2, 0) is 25.4 Å². The Morgan fingerprint density at radius 3 is 2.08 bits per heavy atom. The topological polar surface area (TPSA) is 89.5 Å². The van der Waals surface area contributed by atoms with Gasteiger partial charge < -0.3 is 28.4 Å². The van der Waals surface area contributed by atoms with Crippen LogP contribution in [0.5, 0.6) is 17.2 Å².